The van der Waals surface area contributed by atoms with Crippen LogP contribution < -0.4 is 10.6 Å². The number of benzene rings is 1. The Morgan fingerprint density at radius 1 is 1.29 bits per heavy atom. The number of ether oxygens (including phenoxy) is 1. The third kappa shape index (κ3) is 7.29. The molecule has 0 aliphatic heterocycles. The lowest BCUT2D eigenvalue weighted by atomic mass is 10.2. The average Bonchev–Trinajstić information content (AvgIpc) is 2.57. The zero-order chi connectivity index (χ0) is 17.9. The summed E-state index contributed by atoms with van der Waals surface area (Å²) in [5, 5.41) is 6.26. The summed E-state index contributed by atoms with van der Waals surface area (Å²) >= 11 is 6.07. The number of halogens is 1. The van der Waals surface area contributed by atoms with Gasteiger partial charge in [0.2, 0.25) is 11.8 Å². The van der Waals surface area contributed by atoms with Crippen molar-refractivity contribution >= 4 is 23.4 Å². The Morgan fingerprint density at radius 2 is 2.00 bits per heavy atom. The summed E-state index contributed by atoms with van der Waals surface area (Å²) in [5.41, 5.74) is 0.859. The maximum Gasteiger partial charge on any atom is 0.237 e. The molecule has 134 valence electrons. The van der Waals surface area contributed by atoms with Crippen LogP contribution in [0.1, 0.15) is 18.9 Å². The lowest BCUT2D eigenvalue weighted by molar-refractivity contribution is -0.127. The molecule has 7 heteroatoms. The fourth-order valence-corrected chi connectivity index (χ4v) is 2.24. The quantitative estimate of drug-likeness (QED) is 0.623. The van der Waals surface area contributed by atoms with Crippen LogP contribution in [0.25, 0.3) is 0 Å². The largest absolute Gasteiger partial charge is 0.385 e. The van der Waals surface area contributed by atoms with E-state index < -0.39 is 6.04 Å². The molecule has 0 saturated heterocycles. The summed E-state index contributed by atoms with van der Waals surface area (Å²) in [6.07, 6.45) is 0.764. The predicted octanol–water partition coefficient (Wildman–Crippen LogP) is 1.43. The highest BCUT2D eigenvalue weighted by molar-refractivity contribution is 6.31. The molecule has 6 nitrogen and oxygen atoms in total. The summed E-state index contributed by atoms with van der Waals surface area (Å²) < 4.78 is 4.92. The first-order valence-electron chi connectivity index (χ1n) is 7.92. The van der Waals surface area contributed by atoms with Gasteiger partial charge in [-0.3, -0.25) is 14.5 Å². The molecule has 1 aromatic rings. The van der Waals surface area contributed by atoms with Crippen molar-refractivity contribution in [1.29, 1.82) is 0 Å². The Bertz CT molecular complexity index is 540. The molecule has 0 bridgehead atoms. The number of carbonyl (C=O) groups excluding carboxylic acids is 2. The predicted molar refractivity (Wildman–Crippen MR) is 94.9 cm³/mol. The Hall–Kier alpha value is -1.63. The molecular weight excluding hydrogens is 330 g/mol. The van der Waals surface area contributed by atoms with E-state index in [0.717, 1.165) is 12.0 Å². The van der Waals surface area contributed by atoms with Gasteiger partial charge in [-0.25, -0.2) is 0 Å². The van der Waals surface area contributed by atoms with E-state index in [4.69, 9.17) is 16.3 Å². The lowest BCUT2D eigenvalue weighted by Gasteiger charge is -2.23. The minimum atomic E-state index is -0.419. The Balaban J connectivity index is 2.36. The van der Waals surface area contributed by atoms with Crippen LogP contribution in [0, 0.1) is 0 Å². The molecule has 0 spiro atoms. The number of nitrogens with zero attached hydrogens (tertiary/aromatic N) is 1. The smallest absolute Gasteiger partial charge is 0.237 e. The van der Waals surface area contributed by atoms with E-state index in [1.54, 1.807) is 32.0 Å². The van der Waals surface area contributed by atoms with Crippen molar-refractivity contribution in [2.75, 3.05) is 33.9 Å². The summed E-state index contributed by atoms with van der Waals surface area (Å²) in [6.45, 7) is 3.46. The van der Waals surface area contributed by atoms with E-state index in [0.29, 0.717) is 24.7 Å². The van der Waals surface area contributed by atoms with Crippen molar-refractivity contribution in [3.05, 3.63) is 34.9 Å². The zero-order valence-corrected chi connectivity index (χ0v) is 15.2. The molecule has 2 N–H and O–H groups in total. The Labute approximate surface area is 148 Å². The number of hydrogen-bond acceptors (Lipinski definition) is 4. The van der Waals surface area contributed by atoms with Crippen LogP contribution in [-0.4, -0.2) is 56.6 Å². The van der Waals surface area contributed by atoms with E-state index in [9.17, 15) is 9.59 Å². The van der Waals surface area contributed by atoms with Crippen LogP contribution in [0.5, 0.6) is 0 Å². The number of methoxy groups -OCH3 is 1. The van der Waals surface area contributed by atoms with Crippen LogP contribution in [-0.2, 0) is 20.9 Å². The van der Waals surface area contributed by atoms with E-state index in [2.05, 4.69) is 10.6 Å². The number of hydrogen-bond donors (Lipinski definition) is 2. The number of amides is 2. The van der Waals surface area contributed by atoms with Crippen molar-refractivity contribution in [2.45, 2.75) is 25.9 Å². The topological polar surface area (TPSA) is 70.7 Å². The zero-order valence-electron chi connectivity index (χ0n) is 14.5. The summed E-state index contributed by atoms with van der Waals surface area (Å²) in [5.74, 6) is -0.260. The Morgan fingerprint density at radius 3 is 2.67 bits per heavy atom. The monoisotopic (exact) mass is 355 g/mol. The molecule has 2 amide bonds. The standard InChI is InChI=1S/C17H26ClN3O3/c1-13(21(2)12-16(22)19-9-6-10-24-3)17(23)20-11-14-7-4-5-8-15(14)18/h4-5,7-8,13H,6,9-12H2,1-3H3,(H,19,22)(H,20,23). The third-order valence-electron chi connectivity index (χ3n) is 3.69. The normalized spacial score (nSPS) is 12.0. The van der Waals surface area contributed by atoms with Gasteiger partial charge < -0.3 is 15.4 Å². The molecule has 0 saturated carbocycles. The maximum atomic E-state index is 12.2. The molecule has 0 aromatic heterocycles. The van der Waals surface area contributed by atoms with Crippen LogP contribution in [0.2, 0.25) is 5.02 Å². The van der Waals surface area contributed by atoms with Crippen molar-refractivity contribution in [3.63, 3.8) is 0 Å². The minimum absolute atomic E-state index is 0.112. The molecule has 0 aliphatic rings. The van der Waals surface area contributed by atoms with Gasteiger partial charge in [0.05, 0.1) is 12.6 Å². The van der Waals surface area contributed by atoms with Crippen LogP contribution in [0.4, 0.5) is 0 Å². The van der Waals surface area contributed by atoms with Crippen molar-refractivity contribution in [2.24, 2.45) is 0 Å². The van der Waals surface area contributed by atoms with Crippen LogP contribution >= 0.6 is 11.6 Å². The second-order valence-electron chi connectivity index (χ2n) is 5.60. The van der Waals surface area contributed by atoms with Crippen molar-refractivity contribution in [3.8, 4) is 0 Å². The fourth-order valence-electron chi connectivity index (χ4n) is 2.04. The fraction of sp³-hybridized carbons (Fsp3) is 0.529. The molecule has 0 radical (unpaired) electrons. The van der Waals surface area contributed by atoms with Gasteiger partial charge in [-0.1, -0.05) is 29.8 Å². The van der Waals surface area contributed by atoms with Gasteiger partial charge in [0.25, 0.3) is 0 Å². The second kappa shape index (κ2) is 11.0. The summed E-state index contributed by atoms with van der Waals surface area (Å²) in [6, 6.07) is 6.94. The highest BCUT2D eigenvalue weighted by atomic mass is 35.5. The van der Waals surface area contributed by atoms with Gasteiger partial charge in [0.15, 0.2) is 0 Å². The Kier molecular flexibility index (Phi) is 9.37. The van der Waals surface area contributed by atoms with Gasteiger partial charge in [-0.05, 0) is 32.0 Å². The number of rotatable bonds is 10. The third-order valence-corrected chi connectivity index (χ3v) is 4.06. The van der Waals surface area contributed by atoms with Gasteiger partial charge in [-0.15, -0.1) is 0 Å². The molecule has 24 heavy (non-hydrogen) atoms. The van der Waals surface area contributed by atoms with E-state index in [-0.39, 0.29) is 18.4 Å². The van der Waals surface area contributed by atoms with E-state index >= 15 is 0 Å². The first kappa shape index (κ1) is 20.4. The highest BCUT2D eigenvalue weighted by Crippen LogP contribution is 2.14. The van der Waals surface area contributed by atoms with Gasteiger partial charge >= 0.3 is 0 Å². The minimum Gasteiger partial charge on any atom is -0.385 e. The highest BCUT2D eigenvalue weighted by Gasteiger charge is 2.19. The van der Waals surface area contributed by atoms with Crippen molar-refractivity contribution < 1.29 is 14.3 Å². The molecule has 1 atom stereocenters. The van der Waals surface area contributed by atoms with Gasteiger partial charge in [0.1, 0.15) is 0 Å². The number of carbonyl (C=O) groups is 2. The number of nitrogens with one attached hydrogen (secondary N) is 2. The maximum absolute atomic E-state index is 12.2. The number of likely N-dealkylation sites (N-methyl/N-ethyl adjacent to an activating group) is 1. The van der Waals surface area contributed by atoms with Gasteiger partial charge in [-0.2, -0.15) is 0 Å². The molecule has 1 aromatic carbocycles. The first-order chi connectivity index (χ1) is 11.5. The van der Waals surface area contributed by atoms with E-state index in [1.807, 2.05) is 18.2 Å². The van der Waals surface area contributed by atoms with Crippen LogP contribution in [0.15, 0.2) is 24.3 Å². The molecular formula is C17H26ClN3O3. The van der Waals surface area contributed by atoms with Crippen LogP contribution in [0.3, 0.4) is 0 Å². The van der Waals surface area contributed by atoms with Gasteiger partial charge in [0, 0.05) is 31.8 Å². The summed E-state index contributed by atoms with van der Waals surface area (Å²) in [4.78, 5) is 25.7. The second-order valence-corrected chi connectivity index (χ2v) is 6.00. The molecule has 0 aliphatic carbocycles. The SMILES string of the molecule is COCCCNC(=O)CN(C)C(C)C(=O)NCc1ccccc1Cl. The average molecular weight is 356 g/mol. The molecule has 1 unspecified atom stereocenters. The first-order valence-corrected chi connectivity index (χ1v) is 8.30. The molecule has 0 fully saturated rings. The lowest BCUT2D eigenvalue weighted by Crippen LogP contribution is -2.47. The van der Waals surface area contributed by atoms with Crippen molar-refractivity contribution in [1.82, 2.24) is 15.5 Å². The summed E-state index contributed by atoms with van der Waals surface area (Å²) in [7, 11) is 3.37. The molecule has 0 heterocycles. The van der Waals surface area contributed by atoms with E-state index in [1.165, 1.54) is 0 Å². The molecule has 1 rings (SSSR count).